The highest BCUT2D eigenvalue weighted by Gasteiger charge is 2.63. The Morgan fingerprint density at radius 1 is 1.05 bits per heavy atom. The minimum Gasteiger partial charge on any atom is -0.370 e. The molecule has 0 spiro atoms. The summed E-state index contributed by atoms with van der Waals surface area (Å²) in [7, 11) is 0. The molecule has 0 aromatic carbocycles. The van der Waals surface area contributed by atoms with Crippen LogP contribution < -0.4 is 5.73 Å². The number of rotatable bonds is 3. The van der Waals surface area contributed by atoms with Gasteiger partial charge in [0.1, 0.15) is 0 Å². The van der Waals surface area contributed by atoms with Crippen LogP contribution in [0.4, 0.5) is 0 Å². The van der Waals surface area contributed by atoms with E-state index in [4.69, 9.17) is 10.5 Å². The lowest BCUT2D eigenvalue weighted by Crippen LogP contribution is -2.50. The molecule has 3 rings (SSSR count). The lowest BCUT2D eigenvalue weighted by molar-refractivity contribution is -0.156. The molecule has 20 heavy (non-hydrogen) atoms. The van der Waals surface area contributed by atoms with Crippen LogP contribution in [0, 0.1) is 22.7 Å². The predicted octanol–water partition coefficient (Wildman–Crippen LogP) is 4.13. The summed E-state index contributed by atoms with van der Waals surface area (Å²) in [5.74, 6) is 1.71. The van der Waals surface area contributed by atoms with Crippen LogP contribution >= 0.6 is 0 Å². The second-order valence-corrected chi connectivity index (χ2v) is 8.79. The molecule has 116 valence electrons. The highest BCUT2D eigenvalue weighted by atomic mass is 16.5. The van der Waals surface area contributed by atoms with Gasteiger partial charge in [0.05, 0.1) is 11.7 Å². The molecule has 3 fully saturated rings. The van der Waals surface area contributed by atoms with Crippen molar-refractivity contribution in [1.82, 2.24) is 0 Å². The van der Waals surface area contributed by atoms with Gasteiger partial charge in [-0.2, -0.15) is 0 Å². The Morgan fingerprint density at radius 3 is 2.15 bits per heavy atom. The SMILES string of the molecule is CC1CCC(CN)(OC2CC3CCC2(C)C3(C)C)CC1. The van der Waals surface area contributed by atoms with Crippen molar-refractivity contribution in [2.75, 3.05) is 6.54 Å². The van der Waals surface area contributed by atoms with E-state index in [1.54, 1.807) is 0 Å². The zero-order valence-corrected chi connectivity index (χ0v) is 13.9. The average molecular weight is 279 g/mol. The van der Waals surface area contributed by atoms with Crippen LogP contribution in [0.5, 0.6) is 0 Å². The molecule has 0 amide bonds. The molecular weight excluding hydrogens is 246 g/mol. The van der Waals surface area contributed by atoms with E-state index in [9.17, 15) is 0 Å². The van der Waals surface area contributed by atoms with Gasteiger partial charge in [-0.05, 0) is 67.6 Å². The van der Waals surface area contributed by atoms with E-state index in [0.29, 0.717) is 23.5 Å². The van der Waals surface area contributed by atoms with Gasteiger partial charge < -0.3 is 10.5 Å². The van der Waals surface area contributed by atoms with Crippen LogP contribution in [0.1, 0.15) is 72.6 Å². The Labute approximate surface area is 124 Å². The molecule has 3 saturated carbocycles. The zero-order chi connectivity index (χ0) is 14.6. The van der Waals surface area contributed by atoms with Crippen molar-refractivity contribution in [3.8, 4) is 0 Å². The van der Waals surface area contributed by atoms with Gasteiger partial charge in [-0.25, -0.2) is 0 Å². The van der Waals surface area contributed by atoms with E-state index in [2.05, 4.69) is 27.7 Å². The first kappa shape index (κ1) is 14.8. The highest BCUT2D eigenvalue weighted by Crippen LogP contribution is 2.66. The minimum atomic E-state index is -0.0131. The molecule has 0 aromatic rings. The van der Waals surface area contributed by atoms with E-state index < -0.39 is 0 Å². The molecule has 3 unspecified atom stereocenters. The standard InChI is InChI=1S/C18H33NO/c1-13-5-9-18(12-19,10-6-13)20-15-11-14-7-8-17(15,4)16(14,2)3/h13-15H,5-12,19H2,1-4H3. The second kappa shape index (κ2) is 4.71. The van der Waals surface area contributed by atoms with Crippen molar-refractivity contribution in [2.45, 2.75) is 84.3 Å². The van der Waals surface area contributed by atoms with Crippen molar-refractivity contribution in [2.24, 2.45) is 28.4 Å². The largest absolute Gasteiger partial charge is 0.370 e. The van der Waals surface area contributed by atoms with Crippen LogP contribution in [-0.2, 0) is 4.74 Å². The molecule has 0 saturated heterocycles. The van der Waals surface area contributed by atoms with Crippen molar-refractivity contribution in [3.63, 3.8) is 0 Å². The molecular formula is C18H33NO. The molecule has 0 heterocycles. The summed E-state index contributed by atoms with van der Waals surface area (Å²) in [5, 5.41) is 0. The van der Waals surface area contributed by atoms with Gasteiger partial charge >= 0.3 is 0 Å². The monoisotopic (exact) mass is 279 g/mol. The van der Waals surface area contributed by atoms with E-state index in [1.165, 1.54) is 44.9 Å². The molecule has 2 bridgehead atoms. The molecule has 2 N–H and O–H groups in total. The van der Waals surface area contributed by atoms with Gasteiger partial charge in [-0.3, -0.25) is 0 Å². The Hall–Kier alpha value is -0.0800. The molecule has 0 aliphatic heterocycles. The summed E-state index contributed by atoms with van der Waals surface area (Å²) >= 11 is 0. The van der Waals surface area contributed by atoms with E-state index in [1.807, 2.05) is 0 Å². The number of fused-ring (bicyclic) bond motifs is 2. The van der Waals surface area contributed by atoms with Crippen molar-refractivity contribution in [1.29, 1.82) is 0 Å². The maximum atomic E-state index is 6.78. The molecule has 2 nitrogen and oxygen atoms in total. The molecule has 3 aliphatic carbocycles. The fourth-order valence-corrected chi connectivity index (χ4v) is 5.27. The van der Waals surface area contributed by atoms with Gasteiger partial charge in [0, 0.05) is 6.54 Å². The fourth-order valence-electron chi connectivity index (χ4n) is 5.27. The van der Waals surface area contributed by atoms with Crippen LogP contribution in [-0.4, -0.2) is 18.2 Å². The van der Waals surface area contributed by atoms with E-state index in [-0.39, 0.29) is 5.60 Å². The summed E-state index contributed by atoms with van der Waals surface area (Å²) in [6.45, 7) is 10.5. The summed E-state index contributed by atoms with van der Waals surface area (Å²) < 4.78 is 6.78. The normalized spacial score (nSPS) is 50.5. The van der Waals surface area contributed by atoms with Crippen molar-refractivity contribution < 1.29 is 4.74 Å². The first-order valence-electron chi connectivity index (χ1n) is 8.71. The molecule has 0 radical (unpaired) electrons. The number of hydrogen-bond acceptors (Lipinski definition) is 2. The Morgan fingerprint density at radius 2 is 1.70 bits per heavy atom. The van der Waals surface area contributed by atoms with E-state index >= 15 is 0 Å². The van der Waals surface area contributed by atoms with Gasteiger partial charge in [0.15, 0.2) is 0 Å². The molecule has 0 aromatic heterocycles. The third-order valence-electron chi connectivity index (χ3n) is 7.66. The minimum absolute atomic E-state index is 0.0131. The number of nitrogens with two attached hydrogens (primary N) is 1. The van der Waals surface area contributed by atoms with Gasteiger partial charge in [0.2, 0.25) is 0 Å². The highest BCUT2D eigenvalue weighted by molar-refractivity contribution is 5.12. The van der Waals surface area contributed by atoms with Crippen molar-refractivity contribution in [3.05, 3.63) is 0 Å². The third kappa shape index (κ3) is 1.98. The fraction of sp³-hybridized carbons (Fsp3) is 1.00. The maximum absolute atomic E-state index is 6.78. The van der Waals surface area contributed by atoms with Gasteiger partial charge in [-0.1, -0.05) is 27.7 Å². The zero-order valence-electron chi connectivity index (χ0n) is 13.9. The molecule has 2 heteroatoms. The summed E-state index contributed by atoms with van der Waals surface area (Å²) in [4.78, 5) is 0. The van der Waals surface area contributed by atoms with Crippen LogP contribution in [0.3, 0.4) is 0 Å². The smallest absolute Gasteiger partial charge is 0.0808 e. The average Bonchev–Trinajstić information content (AvgIpc) is 2.75. The first-order chi connectivity index (χ1) is 9.33. The second-order valence-electron chi connectivity index (χ2n) is 8.79. The molecule has 3 aliphatic rings. The predicted molar refractivity (Wildman–Crippen MR) is 83.5 cm³/mol. The maximum Gasteiger partial charge on any atom is 0.0808 e. The van der Waals surface area contributed by atoms with Gasteiger partial charge in [0.25, 0.3) is 0 Å². The van der Waals surface area contributed by atoms with Crippen LogP contribution in [0.25, 0.3) is 0 Å². The lowest BCUT2D eigenvalue weighted by Gasteiger charge is -2.46. The summed E-state index contributed by atoms with van der Waals surface area (Å²) in [6.07, 6.45) is 9.35. The van der Waals surface area contributed by atoms with Crippen molar-refractivity contribution >= 4 is 0 Å². The lowest BCUT2D eigenvalue weighted by atomic mass is 9.69. The Bertz CT molecular complexity index is 370. The Balaban J connectivity index is 1.75. The van der Waals surface area contributed by atoms with Crippen LogP contribution in [0.2, 0.25) is 0 Å². The van der Waals surface area contributed by atoms with Crippen LogP contribution in [0.15, 0.2) is 0 Å². The topological polar surface area (TPSA) is 35.2 Å². The summed E-state index contributed by atoms with van der Waals surface area (Å²) in [5.41, 5.74) is 6.94. The van der Waals surface area contributed by atoms with Gasteiger partial charge in [-0.15, -0.1) is 0 Å². The summed E-state index contributed by atoms with van der Waals surface area (Å²) in [6, 6.07) is 0. The quantitative estimate of drug-likeness (QED) is 0.843. The molecule has 3 atom stereocenters. The first-order valence-corrected chi connectivity index (χ1v) is 8.71. The number of ether oxygens (including phenoxy) is 1. The van der Waals surface area contributed by atoms with E-state index in [0.717, 1.165) is 11.8 Å². The third-order valence-corrected chi connectivity index (χ3v) is 7.66. The Kier molecular flexibility index (Phi) is 3.49. The number of hydrogen-bond donors (Lipinski definition) is 1.